The van der Waals surface area contributed by atoms with Gasteiger partial charge in [0.1, 0.15) is 12.4 Å². The molecule has 8 nitrogen and oxygen atoms in total. The van der Waals surface area contributed by atoms with Gasteiger partial charge in [-0.05, 0) is 55.3 Å². The maximum Gasteiger partial charge on any atom is 0.336 e. The number of amides is 3. The molecule has 0 radical (unpaired) electrons. The van der Waals surface area contributed by atoms with Crippen molar-refractivity contribution in [2.75, 3.05) is 14.2 Å². The van der Waals surface area contributed by atoms with Crippen LogP contribution in [0.25, 0.3) is 0 Å². The zero-order valence-electron chi connectivity index (χ0n) is 20.7. The second-order valence-corrected chi connectivity index (χ2v) is 8.72. The highest BCUT2D eigenvalue weighted by molar-refractivity contribution is 6.32. The molecule has 3 rings (SSSR count). The molecule has 36 heavy (non-hydrogen) atoms. The first-order valence-electron chi connectivity index (χ1n) is 11.4. The first-order chi connectivity index (χ1) is 17.3. The highest BCUT2D eigenvalue weighted by atomic mass is 35.5. The molecular formula is C27H30ClN3O5. The monoisotopic (exact) mass is 511 g/mol. The molecule has 0 unspecified atom stereocenters. The lowest BCUT2D eigenvalue weighted by atomic mass is 10.2. The summed E-state index contributed by atoms with van der Waals surface area (Å²) in [7, 11) is 3.18. The average molecular weight is 512 g/mol. The van der Waals surface area contributed by atoms with Gasteiger partial charge in [-0.2, -0.15) is 0 Å². The van der Waals surface area contributed by atoms with Gasteiger partial charge in [-0.1, -0.05) is 48.0 Å². The number of hydrogen-bond donors (Lipinski definition) is 2. The maximum absolute atomic E-state index is 12.5. The largest absolute Gasteiger partial charge is 0.493 e. The van der Waals surface area contributed by atoms with Crippen molar-refractivity contribution in [2.24, 2.45) is 0 Å². The molecule has 0 saturated carbocycles. The van der Waals surface area contributed by atoms with Gasteiger partial charge >= 0.3 is 6.03 Å². The molecule has 0 fully saturated rings. The number of benzene rings is 3. The van der Waals surface area contributed by atoms with Crippen molar-refractivity contribution in [2.45, 2.75) is 33.1 Å². The summed E-state index contributed by atoms with van der Waals surface area (Å²) in [5.74, 6) is 1.15. The molecule has 0 aromatic heterocycles. The summed E-state index contributed by atoms with van der Waals surface area (Å²) < 4.78 is 16.9. The van der Waals surface area contributed by atoms with E-state index >= 15 is 0 Å². The Morgan fingerprint density at radius 3 is 2.31 bits per heavy atom. The third kappa shape index (κ3) is 7.55. The molecule has 3 amide bonds. The number of carbonyl (C=O) groups is 2. The molecule has 0 aliphatic rings. The second kappa shape index (κ2) is 12.7. The van der Waals surface area contributed by atoms with Gasteiger partial charge in [-0.25, -0.2) is 10.2 Å². The average Bonchev–Trinajstić information content (AvgIpc) is 2.87. The van der Waals surface area contributed by atoms with E-state index in [1.54, 1.807) is 32.4 Å². The predicted molar refractivity (Wildman–Crippen MR) is 138 cm³/mol. The van der Waals surface area contributed by atoms with Gasteiger partial charge < -0.3 is 19.1 Å². The molecular weight excluding hydrogens is 482 g/mol. The quantitative estimate of drug-likeness (QED) is 0.385. The van der Waals surface area contributed by atoms with E-state index in [0.717, 1.165) is 11.1 Å². The fourth-order valence-corrected chi connectivity index (χ4v) is 3.51. The van der Waals surface area contributed by atoms with Crippen LogP contribution in [0, 0.1) is 0 Å². The van der Waals surface area contributed by atoms with Crippen molar-refractivity contribution < 1.29 is 23.8 Å². The van der Waals surface area contributed by atoms with Crippen molar-refractivity contribution in [3.63, 3.8) is 0 Å². The Hall–Kier alpha value is -3.91. The van der Waals surface area contributed by atoms with Crippen LogP contribution in [0.5, 0.6) is 17.2 Å². The van der Waals surface area contributed by atoms with Crippen molar-refractivity contribution in [3.8, 4) is 17.2 Å². The summed E-state index contributed by atoms with van der Waals surface area (Å²) >= 11 is 6.19. The highest BCUT2D eigenvalue weighted by Crippen LogP contribution is 2.29. The molecule has 3 aromatic carbocycles. The molecule has 2 N–H and O–H groups in total. The standard InChI is InChI=1S/C27H30ClN3O5/c1-18(2)36-23-13-11-21(15-22(23)28)26(32)29-30-27(33)31(3)16-20-10-12-24(25(14-20)34-4)35-17-19-8-6-5-7-9-19/h5-15,18H,16-17H2,1-4H3,(H,29,32)(H,30,33). The molecule has 3 aromatic rings. The number of ether oxygens (including phenoxy) is 3. The number of methoxy groups -OCH3 is 1. The van der Waals surface area contributed by atoms with E-state index in [1.165, 1.54) is 11.0 Å². The zero-order chi connectivity index (χ0) is 26.1. The van der Waals surface area contributed by atoms with Crippen LogP contribution < -0.4 is 25.1 Å². The fraction of sp³-hybridized carbons (Fsp3) is 0.259. The van der Waals surface area contributed by atoms with Crippen molar-refractivity contribution in [1.29, 1.82) is 0 Å². The molecule has 0 heterocycles. The summed E-state index contributed by atoms with van der Waals surface area (Å²) in [6.45, 7) is 4.46. The molecule has 190 valence electrons. The minimum atomic E-state index is -0.503. The zero-order valence-corrected chi connectivity index (χ0v) is 21.5. The summed E-state index contributed by atoms with van der Waals surface area (Å²) in [6.07, 6.45) is -0.0463. The van der Waals surface area contributed by atoms with E-state index in [0.29, 0.717) is 28.9 Å². The Morgan fingerprint density at radius 1 is 0.917 bits per heavy atom. The molecule has 0 spiro atoms. The smallest absolute Gasteiger partial charge is 0.336 e. The van der Waals surface area contributed by atoms with Gasteiger partial charge in [-0.15, -0.1) is 0 Å². The lowest BCUT2D eigenvalue weighted by Crippen LogP contribution is -2.47. The summed E-state index contributed by atoms with van der Waals surface area (Å²) in [5.41, 5.74) is 6.96. The van der Waals surface area contributed by atoms with E-state index in [4.69, 9.17) is 25.8 Å². The summed E-state index contributed by atoms with van der Waals surface area (Å²) in [6, 6.07) is 19.5. The van der Waals surface area contributed by atoms with Gasteiger partial charge in [0, 0.05) is 19.2 Å². The van der Waals surface area contributed by atoms with Crippen LogP contribution in [-0.4, -0.2) is 37.1 Å². The van der Waals surface area contributed by atoms with E-state index in [2.05, 4.69) is 10.9 Å². The van der Waals surface area contributed by atoms with Gasteiger partial charge in [0.05, 0.1) is 18.2 Å². The van der Waals surface area contributed by atoms with Gasteiger partial charge in [0.25, 0.3) is 5.91 Å². The SMILES string of the molecule is COc1cc(CN(C)C(=O)NNC(=O)c2ccc(OC(C)C)c(Cl)c2)ccc1OCc1ccccc1. The first-order valence-corrected chi connectivity index (χ1v) is 11.8. The number of carbonyl (C=O) groups excluding carboxylic acids is 2. The predicted octanol–water partition coefficient (Wildman–Crippen LogP) is 5.20. The van der Waals surface area contributed by atoms with Crippen LogP contribution in [0.15, 0.2) is 66.7 Å². The van der Waals surface area contributed by atoms with Gasteiger partial charge in [-0.3, -0.25) is 10.2 Å². The molecule has 0 aliphatic carbocycles. The Labute approximate surface area is 216 Å². The first kappa shape index (κ1) is 26.7. The Kier molecular flexibility index (Phi) is 9.41. The number of hydrogen-bond acceptors (Lipinski definition) is 5. The van der Waals surface area contributed by atoms with Crippen LogP contribution >= 0.6 is 11.6 Å². The van der Waals surface area contributed by atoms with Crippen molar-refractivity contribution >= 4 is 23.5 Å². The van der Waals surface area contributed by atoms with E-state index in [1.807, 2.05) is 56.3 Å². The molecule has 0 atom stereocenters. The van der Waals surface area contributed by atoms with E-state index < -0.39 is 11.9 Å². The van der Waals surface area contributed by atoms with Gasteiger partial charge in [0.15, 0.2) is 11.5 Å². The minimum absolute atomic E-state index is 0.0463. The molecule has 0 saturated heterocycles. The lowest BCUT2D eigenvalue weighted by molar-refractivity contribution is 0.0931. The number of hydrazine groups is 1. The summed E-state index contributed by atoms with van der Waals surface area (Å²) in [4.78, 5) is 26.4. The Balaban J connectivity index is 1.53. The van der Waals surface area contributed by atoms with E-state index in [9.17, 15) is 9.59 Å². The van der Waals surface area contributed by atoms with E-state index in [-0.39, 0.29) is 18.2 Å². The number of urea groups is 1. The van der Waals surface area contributed by atoms with Crippen molar-refractivity contribution in [3.05, 3.63) is 88.4 Å². The van der Waals surface area contributed by atoms with Crippen LogP contribution in [0.1, 0.15) is 35.3 Å². The highest BCUT2D eigenvalue weighted by Gasteiger charge is 2.15. The topological polar surface area (TPSA) is 89.1 Å². The van der Waals surface area contributed by atoms with Gasteiger partial charge in [0.2, 0.25) is 0 Å². The Morgan fingerprint density at radius 2 is 1.64 bits per heavy atom. The Bertz CT molecular complexity index is 1190. The third-order valence-corrected chi connectivity index (χ3v) is 5.37. The second-order valence-electron chi connectivity index (χ2n) is 8.31. The minimum Gasteiger partial charge on any atom is -0.493 e. The normalized spacial score (nSPS) is 10.5. The number of nitrogens with one attached hydrogen (secondary N) is 2. The number of rotatable bonds is 9. The third-order valence-electron chi connectivity index (χ3n) is 5.07. The fourth-order valence-electron chi connectivity index (χ4n) is 3.28. The molecule has 0 bridgehead atoms. The van der Waals surface area contributed by atoms with Crippen LogP contribution in [-0.2, 0) is 13.2 Å². The molecule has 9 heteroatoms. The van der Waals surface area contributed by atoms with Crippen molar-refractivity contribution in [1.82, 2.24) is 15.8 Å². The van der Waals surface area contributed by atoms with Crippen LogP contribution in [0.2, 0.25) is 5.02 Å². The lowest BCUT2D eigenvalue weighted by Gasteiger charge is -2.19. The summed E-state index contributed by atoms with van der Waals surface area (Å²) in [5, 5.41) is 0.310. The van der Waals surface area contributed by atoms with Crippen LogP contribution in [0.3, 0.4) is 0 Å². The number of halogens is 1. The maximum atomic E-state index is 12.5. The molecule has 0 aliphatic heterocycles. The number of nitrogens with zero attached hydrogens (tertiary/aromatic N) is 1. The van der Waals surface area contributed by atoms with Crippen LogP contribution in [0.4, 0.5) is 4.79 Å².